The molecule has 1 aliphatic rings. The summed E-state index contributed by atoms with van der Waals surface area (Å²) in [7, 11) is 0. The SMILES string of the molecule is N=C(N)C1CCCN(Cc2cccnc2)C1. The van der Waals surface area contributed by atoms with Gasteiger partial charge in [-0.3, -0.25) is 15.3 Å². The van der Waals surface area contributed by atoms with Crippen LogP contribution in [0.3, 0.4) is 0 Å². The molecule has 16 heavy (non-hydrogen) atoms. The van der Waals surface area contributed by atoms with Crippen LogP contribution in [0.1, 0.15) is 18.4 Å². The Kier molecular flexibility index (Phi) is 3.51. The van der Waals surface area contributed by atoms with Crippen LogP contribution in [-0.4, -0.2) is 28.8 Å². The summed E-state index contributed by atoms with van der Waals surface area (Å²) < 4.78 is 0. The minimum Gasteiger partial charge on any atom is -0.387 e. The highest BCUT2D eigenvalue weighted by Crippen LogP contribution is 2.17. The van der Waals surface area contributed by atoms with E-state index in [1.165, 1.54) is 5.56 Å². The number of nitrogens with zero attached hydrogens (tertiary/aromatic N) is 2. The lowest BCUT2D eigenvalue weighted by Crippen LogP contribution is -2.40. The van der Waals surface area contributed by atoms with Crippen molar-refractivity contribution in [2.24, 2.45) is 11.7 Å². The zero-order chi connectivity index (χ0) is 11.4. The molecule has 0 amide bonds. The van der Waals surface area contributed by atoms with Gasteiger partial charge in [-0.2, -0.15) is 0 Å². The summed E-state index contributed by atoms with van der Waals surface area (Å²) in [6, 6.07) is 4.05. The van der Waals surface area contributed by atoms with Crippen molar-refractivity contribution in [1.29, 1.82) is 5.41 Å². The van der Waals surface area contributed by atoms with Crippen LogP contribution in [0.4, 0.5) is 0 Å². The van der Waals surface area contributed by atoms with Gasteiger partial charge in [-0.1, -0.05) is 6.07 Å². The highest BCUT2D eigenvalue weighted by atomic mass is 15.1. The molecule has 1 aromatic rings. The largest absolute Gasteiger partial charge is 0.387 e. The number of amidine groups is 1. The first-order chi connectivity index (χ1) is 7.75. The van der Waals surface area contributed by atoms with Crippen molar-refractivity contribution < 1.29 is 0 Å². The molecule has 1 aromatic heterocycles. The average Bonchev–Trinajstić information content (AvgIpc) is 2.30. The number of nitrogens with two attached hydrogens (primary N) is 1. The van der Waals surface area contributed by atoms with Gasteiger partial charge in [0.2, 0.25) is 0 Å². The lowest BCUT2D eigenvalue weighted by molar-refractivity contribution is 0.195. The molecule has 2 heterocycles. The second-order valence-electron chi connectivity index (χ2n) is 4.39. The summed E-state index contributed by atoms with van der Waals surface area (Å²) >= 11 is 0. The molecule has 0 saturated carbocycles. The molecule has 0 spiro atoms. The van der Waals surface area contributed by atoms with Gasteiger partial charge in [0.15, 0.2) is 0 Å². The average molecular weight is 218 g/mol. The molecule has 1 saturated heterocycles. The quantitative estimate of drug-likeness (QED) is 0.592. The monoisotopic (exact) mass is 218 g/mol. The van der Waals surface area contributed by atoms with Crippen LogP contribution in [0.25, 0.3) is 0 Å². The van der Waals surface area contributed by atoms with Crippen molar-refractivity contribution >= 4 is 5.84 Å². The third-order valence-corrected chi connectivity index (χ3v) is 3.07. The number of aromatic nitrogens is 1. The fraction of sp³-hybridized carbons (Fsp3) is 0.500. The minimum absolute atomic E-state index is 0.241. The molecule has 1 fully saturated rings. The van der Waals surface area contributed by atoms with E-state index in [2.05, 4.69) is 16.0 Å². The standard InChI is InChI=1S/C12H18N4/c13-12(14)11-4-2-6-16(9-11)8-10-3-1-5-15-7-10/h1,3,5,7,11H,2,4,6,8-9H2,(H3,13,14). The van der Waals surface area contributed by atoms with E-state index < -0.39 is 0 Å². The molecule has 2 rings (SSSR count). The van der Waals surface area contributed by atoms with E-state index in [1.807, 2.05) is 12.3 Å². The van der Waals surface area contributed by atoms with Gasteiger partial charge in [-0.25, -0.2) is 0 Å². The molecular formula is C12H18N4. The van der Waals surface area contributed by atoms with E-state index in [1.54, 1.807) is 6.20 Å². The van der Waals surface area contributed by atoms with E-state index >= 15 is 0 Å². The van der Waals surface area contributed by atoms with Gasteiger partial charge in [0.05, 0.1) is 5.84 Å². The number of nitrogens with one attached hydrogen (secondary N) is 1. The summed E-state index contributed by atoms with van der Waals surface area (Å²) in [6.45, 7) is 2.92. The maximum Gasteiger partial charge on any atom is 0.0949 e. The zero-order valence-corrected chi connectivity index (χ0v) is 9.39. The van der Waals surface area contributed by atoms with E-state index in [0.29, 0.717) is 5.84 Å². The van der Waals surface area contributed by atoms with Crippen LogP contribution in [0, 0.1) is 11.3 Å². The van der Waals surface area contributed by atoms with Crippen molar-refractivity contribution in [3.8, 4) is 0 Å². The molecule has 1 unspecified atom stereocenters. The molecule has 1 aliphatic heterocycles. The van der Waals surface area contributed by atoms with Gasteiger partial charge in [-0.05, 0) is 31.0 Å². The Bertz CT molecular complexity index is 349. The van der Waals surface area contributed by atoms with Crippen molar-refractivity contribution in [3.05, 3.63) is 30.1 Å². The number of hydrogen-bond donors (Lipinski definition) is 2. The van der Waals surface area contributed by atoms with Crippen molar-refractivity contribution in [3.63, 3.8) is 0 Å². The highest BCUT2D eigenvalue weighted by Gasteiger charge is 2.21. The molecule has 0 aromatic carbocycles. The molecular weight excluding hydrogens is 200 g/mol. The highest BCUT2D eigenvalue weighted by molar-refractivity contribution is 5.79. The molecule has 0 bridgehead atoms. The summed E-state index contributed by atoms with van der Waals surface area (Å²) in [6.07, 6.45) is 5.87. The second kappa shape index (κ2) is 5.07. The van der Waals surface area contributed by atoms with Crippen LogP contribution < -0.4 is 5.73 Å². The summed E-state index contributed by atoms with van der Waals surface area (Å²) in [5, 5.41) is 7.50. The number of rotatable bonds is 3. The Morgan fingerprint density at radius 1 is 1.62 bits per heavy atom. The third-order valence-electron chi connectivity index (χ3n) is 3.07. The fourth-order valence-corrected chi connectivity index (χ4v) is 2.20. The van der Waals surface area contributed by atoms with Crippen LogP contribution in [0.2, 0.25) is 0 Å². The maximum absolute atomic E-state index is 7.50. The van der Waals surface area contributed by atoms with E-state index in [9.17, 15) is 0 Å². The number of likely N-dealkylation sites (tertiary alicyclic amines) is 1. The van der Waals surface area contributed by atoms with E-state index in [4.69, 9.17) is 11.1 Å². The topological polar surface area (TPSA) is 66.0 Å². The molecule has 4 heteroatoms. The third kappa shape index (κ3) is 2.79. The van der Waals surface area contributed by atoms with Crippen molar-refractivity contribution in [2.45, 2.75) is 19.4 Å². The maximum atomic E-state index is 7.50. The predicted molar refractivity (Wildman–Crippen MR) is 64.2 cm³/mol. The lowest BCUT2D eigenvalue weighted by atomic mass is 9.97. The fourth-order valence-electron chi connectivity index (χ4n) is 2.20. The molecule has 4 nitrogen and oxygen atoms in total. The van der Waals surface area contributed by atoms with Crippen LogP contribution in [-0.2, 0) is 6.54 Å². The molecule has 0 radical (unpaired) electrons. The Labute approximate surface area is 96.0 Å². The Hall–Kier alpha value is -1.42. The summed E-state index contributed by atoms with van der Waals surface area (Å²) in [4.78, 5) is 6.46. The van der Waals surface area contributed by atoms with Gasteiger partial charge in [-0.15, -0.1) is 0 Å². The smallest absolute Gasteiger partial charge is 0.0949 e. The number of piperidine rings is 1. The Morgan fingerprint density at radius 3 is 3.19 bits per heavy atom. The van der Waals surface area contributed by atoms with Gasteiger partial charge < -0.3 is 5.73 Å². The first kappa shape index (κ1) is 11.1. The Morgan fingerprint density at radius 2 is 2.50 bits per heavy atom. The molecule has 86 valence electrons. The van der Waals surface area contributed by atoms with Crippen molar-refractivity contribution in [2.75, 3.05) is 13.1 Å². The summed E-state index contributed by atoms with van der Waals surface area (Å²) in [5.74, 6) is 0.571. The predicted octanol–water partition coefficient (Wildman–Crippen LogP) is 1.23. The second-order valence-corrected chi connectivity index (χ2v) is 4.39. The first-order valence-electron chi connectivity index (χ1n) is 5.71. The number of pyridine rings is 1. The van der Waals surface area contributed by atoms with Gasteiger partial charge >= 0.3 is 0 Å². The molecule has 0 aliphatic carbocycles. The van der Waals surface area contributed by atoms with Gasteiger partial charge in [0, 0.05) is 31.4 Å². The van der Waals surface area contributed by atoms with E-state index in [0.717, 1.165) is 32.5 Å². The molecule has 3 N–H and O–H groups in total. The summed E-state index contributed by atoms with van der Waals surface area (Å²) in [5.41, 5.74) is 6.80. The normalized spacial score (nSPS) is 21.9. The first-order valence-corrected chi connectivity index (χ1v) is 5.71. The van der Waals surface area contributed by atoms with Crippen molar-refractivity contribution in [1.82, 2.24) is 9.88 Å². The lowest BCUT2D eigenvalue weighted by Gasteiger charge is -2.31. The van der Waals surface area contributed by atoms with Gasteiger partial charge in [0.1, 0.15) is 0 Å². The van der Waals surface area contributed by atoms with Crippen LogP contribution >= 0.6 is 0 Å². The Balaban J connectivity index is 1.93. The molecule has 1 atom stereocenters. The number of hydrogen-bond acceptors (Lipinski definition) is 3. The van der Waals surface area contributed by atoms with Crippen LogP contribution in [0.5, 0.6) is 0 Å². The minimum atomic E-state index is 0.241. The van der Waals surface area contributed by atoms with Crippen LogP contribution in [0.15, 0.2) is 24.5 Å². The van der Waals surface area contributed by atoms with E-state index in [-0.39, 0.29) is 5.92 Å². The van der Waals surface area contributed by atoms with Gasteiger partial charge in [0.25, 0.3) is 0 Å². The zero-order valence-electron chi connectivity index (χ0n) is 9.39.